The normalized spacial score (nSPS) is 12.1. The van der Waals surface area contributed by atoms with Crippen LogP contribution in [-0.4, -0.2) is 13.1 Å². The summed E-state index contributed by atoms with van der Waals surface area (Å²) in [6.45, 7) is 0.173. The molecule has 0 saturated carbocycles. The first-order chi connectivity index (χ1) is 10.9. The maximum atomic E-state index is 12.5. The van der Waals surface area contributed by atoms with Gasteiger partial charge in [-0.3, -0.25) is 0 Å². The van der Waals surface area contributed by atoms with Gasteiger partial charge in [-0.1, -0.05) is 24.3 Å². The summed E-state index contributed by atoms with van der Waals surface area (Å²) in [4.78, 5) is 4.10. The van der Waals surface area contributed by atoms with Crippen molar-refractivity contribution in [2.45, 2.75) is 12.7 Å². The molecule has 0 aliphatic carbocycles. The van der Waals surface area contributed by atoms with Gasteiger partial charge in [0, 0.05) is 0 Å². The molecule has 0 unspecified atom stereocenters. The van der Waals surface area contributed by atoms with E-state index >= 15 is 0 Å². The van der Waals surface area contributed by atoms with Gasteiger partial charge in [0.25, 0.3) is 0 Å². The molecule has 0 aliphatic heterocycles. The number of methoxy groups -OCH3 is 1. The molecule has 0 amide bonds. The molecule has 23 heavy (non-hydrogen) atoms. The Labute approximate surface area is 131 Å². The zero-order valence-corrected chi connectivity index (χ0v) is 12.4. The summed E-state index contributed by atoms with van der Waals surface area (Å²) in [6.07, 6.45) is -4.34. The molecule has 0 saturated heterocycles. The number of nitrogens with two attached hydrogens (primary N) is 1. The van der Waals surface area contributed by atoms with Crippen molar-refractivity contribution in [2.24, 2.45) is 10.7 Å². The van der Waals surface area contributed by atoms with Gasteiger partial charge in [-0.2, -0.15) is 13.2 Å². The SMILES string of the molecule is COc1ccccc1NC(N)=NCc1ccc(C(F)(F)F)cc1. The number of benzene rings is 2. The van der Waals surface area contributed by atoms with Crippen LogP contribution < -0.4 is 15.8 Å². The molecule has 0 spiro atoms. The van der Waals surface area contributed by atoms with Gasteiger partial charge in [-0.15, -0.1) is 0 Å². The number of aliphatic imine (C=N–C) groups is 1. The number of nitrogens with one attached hydrogen (secondary N) is 1. The van der Waals surface area contributed by atoms with E-state index in [0.29, 0.717) is 17.0 Å². The van der Waals surface area contributed by atoms with Crippen molar-refractivity contribution in [3.05, 3.63) is 59.7 Å². The van der Waals surface area contributed by atoms with E-state index in [1.165, 1.54) is 19.2 Å². The molecule has 0 aliphatic rings. The third-order valence-electron chi connectivity index (χ3n) is 3.08. The maximum absolute atomic E-state index is 12.5. The highest BCUT2D eigenvalue weighted by Gasteiger charge is 2.29. The summed E-state index contributed by atoms with van der Waals surface area (Å²) in [5.74, 6) is 0.759. The average molecular weight is 323 g/mol. The molecule has 0 atom stereocenters. The first-order valence-corrected chi connectivity index (χ1v) is 6.76. The molecule has 4 nitrogen and oxygen atoms in total. The molecular weight excluding hydrogens is 307 g/mol. The van der Waals surface area contributed by atoms with E-state index in [4.69, 9.17) is 10.5 Å². The Morgan fingerprint density at radius 1 is 1.13 bits per heavy atom. The van der Waals surface area contributed by atoms with Crippen LogP contribution in [0.5, 0.6) is 5.75 Å². The van der Waals surface area contributed by atoms with Gasteiger partial charge in [-0.05, 0) is 29.8 Å². The Morgan fingerprint density at radius 2 is 1.78 bits per heavy atom. The summed E-state index contributed by atoms with van der Waals surface area (Å²) < 4.78 is 42.6. The molecule has 2 aromatic rings. The second kappa shape index (κ2) is 7.04. The van der Waals surface area contributed by atoms with Crippen molar-refractivity contribution in [1.29, 1.82) is 0 Å². The molecule has 2 rings (SSSR count). The topological polar surface area (TPSA) is 59.6 Å². The second-order valence-corrected chi connectivity index (χ2v) is 4.72. The molecule has 0 fully saturated rings. The number of hydrogen-bond donors (Lipinski definition) is 2. The van der Waals surface area contributed by atoms with E-state index in [-0.39, 0.29) is 12.5 Å². The average Bonchev–Trinajstić information content (AvgIpc) is 2.53. The lowest BCUT2D eigenvalue weighted by molar-refractivity contribution is -0.137. The van der Waals surface area contributed by atoms with Crippen LogP contribution in [0.15, 0.2) is 53.5 Å². The van der Waals surface area contributed by atoms with Crippen molar-refractivity contribution in [1.82, 2.24) is 0 Å². The van der Waals surface area contributed by atoms with Crippen LogP contribution in [0.4, 0.5) is 18.9 Å². The van der Waals surface area contributed by atoms with Gasteiger partial charge in [0.1, 0.15) is 5.75 Å². The molecule has 0 heterocycles. The van der Waals surface area contributed by atoms with E-state index in [1.807, 2.05) is 12.1 Å². The Balaban J connectivity index is 2.02. The Hall–Kier alpha value is -2.70. The van der Waals surface area contributed by atoms with Crippen molar-refractivity contribution >= 4 is 11.6 Å². The molecule has 3 N–H and O–H groups in total. The monoisotopic (exact) mass is 323 g/mol. The molecular formula is C16H16F3N3O. The third-order valence-corrected chi connectivity index (χ3v) is 3.08. The summed E-state index contributed by atoms with van der Waals surface area (Å²) in [5, 5.41) is 2.89. The van der Waals surface area contributed by atoms with Crippen molar-refractivity contribution in [3.63, 3.8) is 0 Å². The molecule has 0 radical (unpaired) electrons. The van der Waals surface area contributed by atoms with Crippen LogP contribution >= 0.6 is 0 Å². The molecule has 122 valence electrons. The van der Waals surface area contributed by atoms with Crippen LogP contribution in [0.3, 0.4) is 0 Å². The summed E-state index contributed by atoms with van der Waals surface area (Å²) in [5.41, 5.74) is 6.37. The molecule has 7 heteroatoms. The third kappa shape index (κ3) is 4.64. The zero-order chi connectivity index (χ0) is 16.9. The van der Waals surface area contributed by atoms with Crippen LogP contribution in [-0.2, 0) is 12.7 Å². The lowest BCUT2D eigenvalue weighted by atomic mass is 10.1. The Kier molecular flexibility index (Phi) is 5.10. The minimum Gasteiger partial charge on any atom is -0.495 e. The number of anilines is 1. The fraction of sp³-hybridized carbons (Fsp3) is 0.188. The smallest absolute Gasteiger partial charge is 0.416 e. The van der Waals surface area contributed by atoms with Gasteiger partial charge >= 0.3 is 6.18 Å². The Morgan fingerprint density at radius 3 is 2.39 bits per heavy atom. The van der Waals surface area contributed by atoms with Crippen LogP contribution in [0.1, 0.15) is 11.1 Å². The second-order valence-electron chi connectivity index (χ2n) is 4.72. The number of guanidine groups is 1. The number of nitrogens with zero attached hydrogens (tertiary/aromatic N) is 1. The highest BCUT2D eigenvalue weighted by atomic mass is 19.4. The molecule has 0 bridgehead atoms. The fourth-order valence-electron chi connectivity index (χ4n) is 1.90. The minimum absolute atomic E-state index is 0.148. The van der Waals surface area contributed by atoms with Crippen LogP contribution in [0.25, 0.3) is 0 Å². The standard InChI is InChI=1S/C16H16F3N3O/c1-23-14-5-3-2-4-13(14)22-15(20)21-10-11-6-8-12(9-7-11)16(17,18)19/h2-9H,10H2,1H3,(H3,20,21,22). The summed E-state index contributed by atoms with van der Waals surface area (Å²) in [7, 11) is 1.54. The van der Waals surface area contributed by atoms with Crippen molar-refractivity contribution < 1.29 is 17.9 Å². The van der Waals surface area contributed by atoms with Crippen LogP contribution in [0, 0.1) is 0 Å². The first-order valence-electron chi connectivity index (χ1n) is 6.76. The van der Waals surface area contributed by atoms with E-state index in [0.717, 1.165) is 12.1 Å². The van der Waals surface area contributed by atoms with Crippen molar-refractivity contribution in [2.75, 3.05) is 12.4 Å². The maximum Gasteiger partial charge on any atom is 0.416 e. The number of para-hydroxylation sites is 2. The lowest BCUT2D eigenvalue weighted by Crippen LogP contribution is -2.22. The number of ether oxygens (including phenoxy) is 1. The minimum atomic E-state index is -4.34. The summed E-state index contributed by atoms with van der Waals surface area (Å²) in [6, 6.07) is 12.0. The molecule has 2 aromatic carbocycles. The molecule has 0 aromatic heterocycles. The van der Waals surface area contributed by atoms with E-state index in [1.54, 1.807) is 12.1 Å². The first kappa shape index (κ1) is 16.7. The number of hydrogen-bond acceptors (Lipinski definition) is 2. The fourth-order valence-corrected chi connectivity index (χ4v) is 1.90. The van der Waals surface area contributed by atoms with Crippen LogP contribution in [0.2, 0.25) is 0 Å². The number of alkyl halides is 3. The van der Waals surface area contributed by atoms with E-state index in [2.05, 4.69) is 10.3 Å². The van der Waals surface area contributed by atoms with Gasteiger partial charge in [0.15, 0.2) is 5.96 Å². The van der Waals surface area contributed by atoms with Gasteiger partial charge in [-0.25, -0.2) is 4.99 Å². The van der Waals surface area contributed by atoms with E-state index in [9.17, 15) is 13.2 Å². The van der Waals surface area contributed by atoms with Crippen molar-refractivity contribution in [3.8, 4) is 5.75 Å². The predicted molar refractivity (Wildman–Crippen MR) is 83.4 cm³/mol. The number of halogens is 3. The highest BCUT2D eigenvalue weighted by molar-refractivity contribution is 5.93. The van der Waals surface area contributed by atoms with Gasteiger partial charge < -0.3 is 15.8 Å². The van der Waals surface area contributed by atoms with Gasteiger partial charge in [0.2, 0.25) is 0 Å². The van der Waals surface area contributed by atoms with E-state index < -0.39 is 11.7 Å². The highest BCUT2D eigenvalue weighted by Crippen LogP contribution is 2.29. The number of rotatable bonds is 4. The largest absolute Gasteiger partial charge is 0.495 e. The predicted octanol–water partition coefficient (Wildman–Crippen LogP) is 3.64. The van der Waals surface area contributed by atoms with Gasteiger partial charge in [0.05, 0.1) is 24.9 Å². The lowest BCUT2D eigenvalue weighted by Gasteiger charge is -2.10. The quantitative estimate of drug-likeness (QED) is 0.667. The Bertz CT molecular complexity index is 682. The zero-order valence-electron chi connectivity index (χ0n) is 12.4. The summed E-state index contributed by atoms with van der Waals surface area (Å²) >= 11 is 0.